The van der Waals surface area contributed by atoms with Gasteiger partial charge in [-0.3, -0.25) is 9.69 Å². The number of carboxylic acid groups (broad SMARTS) is 1. The highest BCUT2D eigenvalue weighted by atomic mass is 19.4. The summed E-state index contributed by atoms with van der Waals surface area (Å²) >= 11 is 0. The van der Waals surface area contributed by atoms with Crippen LogP contribution in [-0.4, -0.2) is 28.6 Å². The van der Waals surface area contributed by atoms with Crippen molar-refractivity contribution in [3.8, 4) is 0 Å². The van der Waals surface area contributed by atoms with Gasteiger partial charge >= 0.3 is 12.1 Å². The number of rotatable bonds is 6. The van der Waals surface area contributed by atoms with E-state index in [0.29, 0.717) is 6.07 Å². The zero-order chi connectivity index (χ0) is 15.6. The van der Waals surface area contributed by atoms with Crippen LogP contribution in [0.3, 0.4) is 0 Å². The van der Waals surface area contributed by atoms with Gasteiger partial charge in [-0.05, 0) is 30.5 Å². The average molecular weight is 305 g/mol. The third-order valence-corrected chi connectivity index (χ3v) is 3.43. The van der Waals surface area contributed by atoms with Gasteiger partial charge in [-0.15, -0.1) is 0 Å². The monoisotopic (exact) mass is 305 g/mol. The van der Waals surface area contributed by atoms with Crippen LogP contribution in [0.4, 0.5) is 17.6 Å². The van der Waals surface area contributed by atoms with Crippen LogP contribution in [0.1, 0.15) is 30.4 Å². The van der Waals surface area contributed by atoms with Gasteiger partial charge in [0.05, 0.1) is 12.0 Å². The van der Waals surface area contributed by atoms with E-state index < -0.39 is 23.5 Å². The maximum atomic E-state index is 13.0. The minimum atomic E-state index is -4.63. The van der Waals surface area contributed by atoms with Crippen LogP contribution in [0.15, 0.2) is 18.2 Å². The Morgan fingerprint density at radius 2 is 2.00 bits per heavy atom. The lowest BCUT2D eigenvalue weighted by molar-refractivity contribution is -0.139. The first-order valence-corrected chi connectivity index (χ1v) is 6.59. The maximum absolute atomic E-state index is 13.0. The Balaban J connectivity index is 2.18. The van der Waals surface area contributed by atoms with Gasteiger partial charge in [-0.2, -0.15) is 13.2 Å². The molecule has 1 aliphatic carbocycles. The molecule has 7 heteroatoms. The molecule has 21 heavy (non-hydrogen) atoms. The molecule has 0 spiro atoms. The normalized spacial score (nSPS) is 15.5. The van der Waals surface area contributed by atoms with E-state index in [2.05, 4.69) is 0 Å². The van der Waals surface area contributed by atoms with Gasteiger partial charge in [-0.25, -0.2) is 4.39 Å². The van der Waals surface area contributed by atoms with Gasteiger partial charge in [0.2, 0.25) is 0 Å². The van der Waals surface area contributed by atoms with Gasteiger partial charge in [0.25, 0.3) is 0 Å². The zero-order valence-electron chi connectivity index (χ0n) is 11.2. The largest absolute Gasteiger partial charge is 0.481 e. The first-order chi connectivity index (χ1) is 9.77. The second-order valence-electron chi connectivity index (χ2n) is 5.14. The van der Waals surface area contributed by atoms with Crippen LogP contribution in [-0.2, 0) is 17.5 Å². The van der Waals surface area contributed by atoms with Gasteiger partial charge in [0, 0.05) is 19.1 Å². The average Bonchev–Trinajstić information content (AvgIpc) is 3.18. The van der Waals surface area contributed by atoms with Crippen LogP contribution in [0.5, 0.6) is 0 Å². The first-order valence-electron chi connectivity index (χ1n) is 6.59. The van der Waals surface area contributed by atoms with E-state index in [0.717, 1.165) is 25.0 Å². The first kappa shape index (κ1) is 15.8. The summed E-state index contributed by atoms with van der Waals surface area (Å²) in [5.41, 5.74) is -1.02. The number of halogens is 4. The van der Waals surface area contributed by atoms with Gasteiger partial charge in [-0.1, -0.05) is 6.07 Å². The molecule has 1 aromatic carbocycles. The Kier molecular flexibility index (Phi) is 4.51. The fraction of sp³-hybridized carbons (Fsp3) is 0.500. The van der Waals surface area contributed by atoms with Crippen molar-refractivity contribution in [1.29, 1.82) is 0 Å². The number of alkyl halides is 3. The molecular formula is C14H15F4NO2. The molecule has 0 amide bonds. The number of hydrogen-bond donors (Lipinski definition) is 1. The van der Waals surface area contributed by atoms with Crippen molar-refractivity contribution in [3.63, 3.8) is 0 Å². The fourth-order valence-electron chi connectivity index (χ4n) is 2.24. The molecule has 3 nitrogen and oxygen atoms in total. The van der Waals surface area contributed by atoms with Gasteiger partial charge in [0.15, 0.2) is 0 Å². The second kappa shape index (κ2) is 6.01. The molecule has 0 aromatic heterocycles. The molecule has 0 atom stereocenters. The second-order valence-corrected chi connectivity index (χ2v) is 5.14. The van der Waals surface area contributed by atoms with E-state index >= 15 is 0 Å². The van der Waals surface area contributed by atoms with Crippen molar-refractivity contribution in [2.75, 3.05) is 6.54 Å². The van der Waals surface area contributed by atoms with E-state index in [-0.39, 0.29) is 31.1 Å². The van der Waals surface area contributed by atoms with E-state index in [1.807, 2.05) is 0 Å². The number of nitrogens with zero attached hydrogens (tertiary/aromatic N) is 1. The number of carbonyl (C=O) groups is 1. The smallest absolute Gasteiger partial charge is 0.416 e. The lowest BCUT2D eigenvalue weighted by Crippen LogP contribution is -2.29. The van der Waals surface area contributed by atoms with Crippen molar-refractivity contribution >= 4 is 5.97 Å². The minimum absolute atomic E-state index is 0.0208. The van der Waals surface area contributed by atoms with Crippen molar-refractivity contribution in [2.24, 2.45) is 0 Å². The predicted octanol–water partition coefficient (Wildman–Crippen LogP) is 3.28. The lowest BCUT2D eigenvalue weighted by atomic mass is 10.1. The minimum Gasteiger partial charge on any atom is -0.481 e. The molecule has 0 radical (unpaired) electrons. The Hall–Kier alpha value is -1.63. The summed E-state index contributed by atoms with van der Waals surface area (Å²) in [4.78, 5) is 12.3. The Labute approximate surface area is 119 Å². The number of carboxylic acids is 1. The highest BCUT2D eigenvalue weighted by molar-refractivity contribution is 5.66. The zero-order valence-corrected chi connectivity index (χ0v) is 11.2. The van der Waals surface area contributed by atoms with Gasteiger partial charge in [0.1, 0.15) is 5.82 Å². The highest BCUT2D eigenvalue weighted by Crippen LogP contribution is 2.35. The quantitative estimate of drug-likeness (QED) is 0.820. The summed E-state index contributed by atoms with van der Waals surface area (Å²) in [7, 11) is 0. The standard InChI is InChI=1S/C14H15F4NO2/c15-10-2-1-9(12(7-10)14(16,17)18)8-19(11-3-4-11)6-5-13(20)21/h1-2,7,11H,3-6,8H2,(H,20,21). The van der Waals surface area contributed by atoms with Crippen LogP contribution in [0.25, 0.3) is 0 Å². The summed E-state index contributed by atoms with van der Waals surface area (Å²) in [5, 5.41) is 8.69. The Bertz CT molecular complexity index is 526. The third kappa shape index (κ3) is 4.42. The summed E-state index contributed by atoms with van der Waals surface area (Å²) in [6, 6.07) is 2.72. The summed E-state index contributed by atoms with van der Waals surface area (Å²) in [6.45, 7) is 0.168. The fourth-order valence-corrected chi connectivity index (χ4v) is 2.24. The number of aliphatic carboxylic acids is 1. The molecule has 2 rings (SSSR count). The molecule has 1 fully saturated rings. The highest BCUT2D eigenvalue weighted by Gasteiger charge is 2.36. The SMILES string of the molecule is O=C(O)CCN(Cc1ccc(F)cc1C(F)(F)F)C1CC1. The van der Waals surface area contributed by atoms with Crippen molar-refractivity contribution < 1.29 is 27.5 Å². The van der Waals surface area contributed by atoms with Crippen LogP contribution >= 0.6 is 0 Å². The number of hydrogen-bond acceptors (Lipinski definition) is 2. The van der Waals surface area contributed by atoms with Crippen molar-refractivity contribution in [1.82, 2.24) is 4.90 Å². The number of benzene rings is 1. The Morgan fingerprint density at radius 3 is 2.52 bits per heavy atom. The lowest BCUT2D eigenvalue weighted by Gasteiger charge is -2.23. The molecule has 0 unspecified atom stereocenters. The Morgan fingerprint density at radius 1 is 1.33 bits per heavy atom. The summed E-state index contributed by atoms with van der Waals surface area (Å²) in [5.74, 6) is -1.93. The van der Waals surface area contributed by atoms with Crippen LogP contribution in [0, 0.1) is 5.82 Å². The van der Waals surface area contributed by atoms with Gasteiger partial charge < -0.3 is 5.11 Å². The van der Waals surface area contributed by atoms with E-state index in [1.54, 1.807) is 4.90 Å². The molecule has 1 N–H and O–H groups in total. The molecular weight excluding hydrogens is 290 g/mol. The molecule has 1 saturated carbocycles. The molecule has 1 aromatic rings. The van der Waals surface area contributed by atoms with Crippen LogP contribution in [0.2, 0.25) is 0 Å². The van der Waals surface area contributed by atoms with Crippen LogP contribution < -0.4 is 0 Å². The molecule has 0 saturated heterocycles. The van der Waals surface area contributed by atoms with E-state index in [9.17, 15) is 22.4 Å². The summed E-state index contributed by atoms with van der Waals surface area (Å²) in [6.07, 6.45) is -3.05. The predicted molar refractivity (Wildman–Crippen MR) is 67.1 cm³/mol. The molecule has 0 heterocycles. The molecule has 0 bridgehead atoms. The molecule has 1 aliphatic rings. The van der Waals surface area contributed by atoms with Crippen molar-refractivity contribution in [2.45, 2.75) is 38.0 Å². The maximum Gasteiger partial charge on any atom is 0.416 e. The van der Waals surface area contributed by atoms with E-state index in [4.69, 9.17) is 5.11 Å². The topological polar surface area (TPSA) is 40.5 Å². The molecule has 116 valence electrons. The third-order valence-electron chi connectivity index (χ3n) is 3.43. The van der Waals surface area contributed by atoms with Crippen molar-refractivity contribution in [3.05, 3.63) is 35.1 Å². The van der Waals surface area contributed by atoms with E-state index in [1.165, 1.54) is 0 Å². The summed E-state index contributed by atoms with van der Waals surface area (Å²) < 4.78 is 51.8. The molecule has 0 aliphatic heterocycles.